The Morgan fingerprint density at radius 3 is 2.24 bits per heavy atom. The highest BCUT2D eigenvalue weighted by Gasteiger charge is 2.35. The maximum absolute atomic E-state index is 12.7. The summed E-state index contributed by atoms with van der Waals surface area (Å²) in [7, 11) is 1.47. The summed E-state index contributed by atoms with van der Waals surface area (Å²) in [6.07, 6.45) is 2.34. The van der Waals surface area contributed by atoms with Crippen molar-refractivity contribution in [1.82, 2.24) is 4.90 Å². The predicted octanol–water partition coefficient (Wildman–Crippen LogP) is 6.25. The second-order valence-electron chi connectivity index (χ2n) is 10.8. The molecule has 3 rings (SSSR count). The number of carbonyl (C=O) groups is 3. The summed E-state index contributed by atoms with van der Waals surface area (Å²) in [6.45, 7) is 11.7. The van der Waals surface area contributed by atoms with Gasteiger partial charge < -0.3 is 19.2 Å². The van der Waals surface area contributed by atoms with Crippen LogP contribution >= 0.6 is 0 Å². The first-order valence-electron chi connectivity index (χ1n) is 13.2. The first-order chi connectivity index (χ1) is 17.9. The fourth-order valence-electron chi connectivity index (χ4n) is 4.71. The molecule has 3 aromatic rings. The molecule has 2 aromatic carbocycles. The van der Waals surface area contributed by atoms with Gasteiger partial charge in [-0.2, -0.15) is 0 Å². The van der Waals surface area contributed by atoms with Crippen LogP contribution in [-0.4, -0.2) is 47.9 Å². The van der Waals surface area contributed by atoms with E-state index in [9.17, 15) is 14.4 Å². The minimum atomic E-state index is -1.06. The lowest BCUT2D eigenvalue weighted by Crippen LogP contribution is -2.31. The maximum atomic E-state index is 12.7. The van der Waals surface area contributed by atoms with Gasteiger partial charge in [0.05, 0.1) is 5.41 Å². The highest BCUT2D eigenvalue weighted by atomic mass is 16.5. The quantitative estimate of drug-likeness (QED) is 0.320. The summed E-state index contributed by atoms with van der Waals surface area (Å²) in [5.74, 6) is 0.150. The molecule has 0 spiro atoms. The second kappa shape index (κ2) is 11.4. The van der Waals surface area contributed by atoms with Gasteiger partial charge in [0.15, 0.2) is 5.78 Å². The number of ether oxygens (including phenoxy) is 1. The number of amides is 1. The molecule has 0 radical (unpaired) electrons. The summed E-state index contributed by atoms with van der Waals surface area (Å²) >= 11 is 0. The number of Topliss-reactive ketones (excluding diaryl/α,β-unsaturated/α-hetero) is 1. The summed E-state index contributed by atoms with van der Waals surface area (Å²) in [5, 5.41) is 9.80. The molecule has 0 fully saturated rings. The van der Waals surface area contributed by atoms with Crippen molar-refractivity contribution in [2.75, 3.05) is 20.2 Å². The monoisotopic (exact) mass is 521 g/mol. The zero-order valence-electron chi connectivity index (χ0n) is 23.5. The van der Waals surface area contributed by atoms with Gasteiger partial charge in [0.1, 0.15) is 30.2 Å². The van der Waals surface area contributed by atoms with E-state index >= 15 is 0 Å². The lowest BCUT2D eigenvalue weighted by molar-refractivity contribution is -0.137. The van der Waals surface area contributed by atoms with Crippen molar-refractivity contribution in [1.29, 1.82) is 0 Å². The molecule has 1 N–H and O–H groups in total. The van der Waals surface area contributed by atoms with E-state index in [0.717, 1.165) is 41.5 Å². The van der Waals surface area contributed by atoms with Gasteiger partial charge in [-0.05, 0) is 60.7 Å². The van der Waals surface area contributed by atoms with Gasteiger partial charge in [0.25, 0.3) is 5.91 Å². The molecule has 0 aliphatic heterocycles. The molecule has 0 aliphatic carbocycles. The third-order valence-corrected chi connectivity index (χ3v) is 7.35. The Kier molecular flexibility index (Phi) is 8.70. The molecule has 1 amide bonds. The van der Waals surface area contributed by atoms with E-state index < -0.39 is 16.8 Å². The SMILES string of the molecule is CCc1cc(C(CC)(CC)c2cc3cc(C(=O)N(C)CC(=O)O)ccc3o2)ccc1OCC(=O)C(C)(C)C. The van der Waals surface area contributed by atoms with Crippen molar-refractivity contribution < 1.29 is 28.6 Å². The molecule has 38 heavy (non-hydrogen) atoms. The van der Waals surface area contributed by atoms with Gasteiger partial charge in [-0.3, -0.25) is 14.4 Å². The minimum Gasteiger partial charge on any atom is -0.486 e. The topological polar surface area (TPSA) is 97.1 Å². The molecule has 7 heteroatoms. The highest BCUT2D eigenvalue weighted by Crippen LogP contribution is 2.42. The zero-order chi connectivity index (χ0) is 28.3. The Morgan fingerprint density at radius 2 is 1.66 bits per heavy atom. The van der Waals surface area contributed by atoms with Crippen molar-refractivity contribution >= 4 is 28.6 Å². The molecule has 1 heterocycles. The molecule has 0 unspecified atom stereocenters. The summed E-state index contributed by atoms with van der Waals surface area (Å²) in [4.78, 5) is 37.3. The van der Waals surface area contributed by atoms with Crippen molar-refractivity contribution in [3.05, 3.63) is 64.9 Å². The fraction of sp³-hybridized carbons (Fsp3) is 0.452. The van der Waals surface area contributed by atoms with Gasteiger partial charge in [-0.15, -0.1) is 0 Å². The van der Waals surface area contributed by atoms with E-state index in [1.165, 1.54) is 11.9 Å². The highest BCUT2D eigenvalue weighted by molar-refractivity contribution is 5.99. The van der Waals surface area contributed by atoms with Crippen LogP contribution in [0, 0.1) is 5.41 Å². The standard InChI is InChI=1S/C31H39NO6/c1-8-20-16-23(12-14-24(20)37-19-26(33)30(4,5)6)31(9-2,10-3)27-17-22-15-21(11-13-25(22)38-27)29(36)32(7)18-28(34)35/h11-17H,8-10,18-19H2,1-7H3,(H,34,35). The molecule has 7 nitrogen and oxygen atoms in total. The molecule has 0 saturated heterocycles. The van der Waals surface area contributed by atoms with E-state index in [2.05, 4.69) is 26.8 Å². The lowest BCUT2D eigenvalue weighted by Gasteiger charge is -2.31. The van der Waals surface area contributed by atoms with Crippen LogP contribution in [0.25, 0.3) is 11.0 Å². The molecular formula is C31H39NO6. The van der Waals surface area contributed by atoms with Crippen molar-refractivity contribution in [3.8, 4) is 5.75 Å². The molecule has 0 saturated carbocycles. The number of carboxylic acids is 1. The molecular weight excluding hydrogens is 482 g/mol. The predicted molar refractivity (Wildman–Crippen MR) is 148 cm³/mol. The number of carbonyl (C=O) groups excluding carboxylic acids is 2. The Bertz CT molecular complexity index is 1330. The van der Waals surface area contributed by atoms with Gasteiger partial charge in [-0.25, -0.2) is 0 Å². The normalized spacial score (nSPS) is 12.0. The van der Waals surface area contributed by atoms with Gasteiger partial charge >= 0.3 is 5.97 Å². The van der Waals surface area contributed by atoms with Gasteiger partial charge in [0, 0.05) is 23.4 Å². The second-order valence-corrected chi connectivity index (χ2v) is 10.8. The minimum absolute atomic E-state index is 0.0365. The van der Waals surface area contributed by atoms with Crippen LogP contribution in [0.3, 0.4) is 0 Å². The number of hydrogen-bond acceptors (Lipinski definition) is 5. The number of furan rings is 1. The number of aryl methyl sites for hydroxylation is 1. The lowest BCUT2D eigenvalue weighted by atomic mass is 9.73. The third kappa shape index (κ3) is 5.93. The first-order valence-corrected chi connectivity index (χ1v) is 13.2. The number of benzene rings is 2. The Labute approximate surface area is 224 Å². The zero-order valence-corrected chi connectivity index (χ0v) is 23.5. The maximum Gasteiger partial charge on any atom is 0.323 e. The molecule has 204 valence electrons. The van der Waals surface area contributed by atoms with Gasteiger partial charge in [-0.1, -0.05) is 53.7 Å². The number of nitrogens with zero attached hydrogens (tertiary/aromatic N) is 1. The fourth-order valence-corrected chi connectivity index (χ4v) is 4.71. The van der Waals surface area contributed by atoms with Crippen LogP contribution in [0.15, 0.2) is 46.9 Å². The van der Waals surface area contributed by atoms with Crippen LogP contribution < -0.4 is 4.74 Å². The first kappa shape index (κ1) is 29.0. The van der Waals surface area contributed by atoms with Crippen molar-refractivity contribution in [3.63, 3.8) is 0 Å². The number of ketones is 1. The van der Waals surface area contributed by atoms with E-state index in [1.807, 2.05) is 39.0 Å². The van der Waals surface area contributed by atoms with E-state index in [4.69, 9.17) is 14.3 Å². The van der Waals surface area contributed by atoms with Crippen molar-refractivity contribution in [2.45, 2.75) is 66.2 Å². The molecule has 0 atom stereocenters. The third-order valence-electron chi connectivity index (χ3n) is 7.35. The largest absolute Gasteiger partial charge is 0.486 e. The summed E-state index contributed by atoms with van der Waals surface area (Å²) in [5.41, 5.74) is 2.36. The van der Waals surface area contributed by atoms with E-state index in [-0.39, 0.29) is 24.8 Å². The number of rotatable bonds is 11. The van der Waals surface area contributed by atoms with Crippen LogP contribution in [-0.2, 0) is 21.4 Å². The number of likely N-dealkylation sites (N-methyl/N-ethyl adjacent to an activating group) is 1. The van der Waals surface area contributed by atoms with Crippen LogP contribution in [0.1, 0.15) is 81.6 Å². The number of aliphatic carboxylic acids is 1. The average Bonchev–Trinajstić information content (AvgIpc) is 3.30. The molecule has 0 aliphatic rings. The summed E-state index contributed by atoms with van der Waals surface area (Å²) < 4.78 is 12.3. The number of hydrogen-bond donors (Lipinski definition) is 1. The van der Waals surface area contributed by atoms with E-state index in [1.54, 1.807) is 18.2 Å². The Hall–Kier alpha value is -3.61. The van der Waals surface area contributed by atoms with Gasteiger partial charge in [0.2, 0.25) is 0 Å². The average molecular weight is 522 g/mol. The molecule has 1 aromatic heterocycles. The summed E-state index contributed by atoms with van der Waals surface area (Å²) in [6, 6.07) is 13.3. The molecule has 0 bridgehead atoms. The Morgan fingerprint density at radius 1 is 0.974 bits per heavy atom. The van der Waals surface area contributed by atoms with Crippen LogP contribution in [0.2, 0.25) is 0 Å². The van der Waals surface area contributed by atoms with E-state index in [0.29, 0.717) is 16.9 Å². The van der Waals surface area contributed by atoms with Crippen LogP contribution in [0.5, 0.6) is 5.75 Å². The smallest absolute Gasteiger partial charge is 0.323 e. The number of fused-ring (bicyclic) bond motifs is 1. The Balaban J connectivity index is 1.98. The van der Waals surface area contributed by atoms with Crippen molar-refractivity contribution in [2.24, 2.45) is 5.41 Å². The number of carboxylic acid groups (broad SMARTS) is 1. The van der Waals surface area contributed by atoms with Crippen LogP contribution in [0.4, 0.5) is 0 Å².